The molecule has 10 heteroatoms. The maximum atomic E-state index is 10.9. The summed E-state index contributed by atoms with van der Waals surface area (Å²) >= 11 is 0. The normalized spacial score (nSPS) is 22.1. The maximum absolute atomic E-state index is 10.9. The number of para-hydroxylation sites is 1. The average Bonchev–Trinajstić information content (AvgIpc) is 3.30. The first-order valence-corrected chi connectivity index (χ1v) is 13.3. The molecular weight excluding hydrogens is 477 g/mol. The number of anilines is 1. The molecule has 0 radical (unpaired) electrons. The second-order valence-corrected chi connectivity index (χ2v) is 11.4. The van der Waals surface area contributed by atoms with E-state index in [1.807, 2.05) is 6.07 Å². The number of benzene rings is 2. The average molecular weight is 508 g/mol. The summed E-state index contributed by atoms with van der Waals surface area (Å²) in [6, 6.07) is 15.2. The van der Waals surface area contributed by atoms with Crippen LogP contribution in [0.4, 0.5) is 30.9 Å². The van der Waals surface area contributed by atoms with Crippen LogP contribution < -0.4 is 4.90 Å². The van der Waals surface area contributed by atoms with E-state index in [0.717, 1.165) is 25.1 Å². The van der Waals surface area contributed by atoms with Crippen LogP contribution in [0.3, 0.4) is 0 Å². The molecule has 190 valence electrons. The molecule has 0 spiro atoms. The zero-order valence-corrected chi connectivity index (χ0v) is 20.5. The Hall–Kier alpha value is -2.12. The van der Waals surface area contributed by atoms with Crippen molar-refractivity contribution in [1.82, 2.24) is 0 Å². The van der Waals surface area contributed by atoms with E-state index in [0.29, 0.717) is 11.8 Å². The fourth-order valence-corrected chi connectivity index (χ4v) is 4.63. The third-order valence-electron chi connectivity index (χ3n) is 6.11. The Balaban J connectivity index is 0.000000406. The molecule has 2 aliphatic rings. The van der Waals surface area contributed by atoms with E-state index in [1.54, 1.807) is 0 Å². The van der Waals surface area contributed by atoms with Crippen molar-refractivity contribution in [3.05, 3.63) is 64.7 Å². The second kappa shape index (κ2) is 8.52. The molecule has 2 aromatic carbocycles. The van der Waals surface area contributed by atoms with Crippen LogP contribution in [0.1, 0.15) is 67.9 Å². The predicted octanol–water partition coefficient (Wildman–Crippen LogP) is 7.83. The van der Waals surface area contributed by atoms with Crippen LogP contribution in [-0.2, 0) is 6.42 Å². The molecule has 4 rings (SSSR count). The Morgan fingerprint density at radius 1 is 0.882 bits per heavy atom. The van der Waals surface area contributed by atoms with E-state index >= 15 is 0 Å². The summed E-state index contributed by atoms with van der Waals surface area (Å²) in [5, 5.41) is 10.9. The summed E-state index contributed by atoms with van der Waals surface area (Å²) in [5.74, 6) is 0.977. The summed E-state index contributed by atoms with van der Waals surface area (Å²) in [5.41, 5.74) is 6.58. The second-order valence-electron chi connectivity index (χ2n) is 9.51. The zero-order valence-electron chi connectivity index (χ0n) is 19.6. The van der Waals surface area contributed by atoms with E-state index < -0.39 is 13.9 Å². The molecule has 0 saturated carbocycles. The SMILES string of the molecule is CC(C)c1cccc(C(C)C)c1N1C=[N+](C2Cc3ccccc3C2O)CC1.F[P-](F)(F)(F)(F)F. The number of rotatable bonds is 4. The topological polar surface area (TPSA) is 26.5 Å². The van der Waals surface area contributed by atoms with Crippen molar-refractivity contribution in [2.24, 2.45) is 0 Å². The Morgan fingerprint density at radius 3 is 1.91 bits per heavy atom. The molecule has 2 unspecified atom stereocenters. The van der Waals surface area contributed by atoms with Gasteiger partial charge in [-0.25, -0.2) is 4.90 Å². The van der Waals surface area contributed by atoms with Crippen LogP contribution >= 0.6 is 7.81 Å². The molecule has 1 aliphatic heterocycles. The van der Waals surface area contributed by atoms with Crippen LogP contribution in [0.15, 0.2) is 42.5 Å². The van der Waals surface area contributed by atoms with Gasteiger partial charge >= 0.3 is 33.0 Å². The van der Waals surface area contributed by atoms with E-state index in [2.05, 4.69) is 79.9 Å². The minimum atomic E-state index is -10.7. The first-order chi connectivity index (χ1) is 15.4. The predicted molar refractivity (Wildman–Crippen MR) is 126 cm³/mol. The number of hydrogen-bond donors (Lipinski definition) is 1. The molecule has 0 amide bonds. The van der Waals surface area contributed by atoms with Gasteiger partial charge in [0.25, 0.3) is 0 Å². The van der Waals surface area contributed by atoms with Gasteiger partial charge in [0.2, 0.25) is 6.34 Å². The van der Waals surface area contributed by atoms with E-state index in [1.165, 1.54) is 22.4 Å². The van der Waals surface area contributed by atoms with Crippen molar-refractivity contribution >= 4 is 19.8 Å². The number of hydrogen-bond acceptors (Lipinski definition) is 2. The Bertz CT molecular complexity index is 1050. The zero-order chi connectivity index (χ0) is 25.5. The van der Waals surface area contributed by atoms with Crippen LogP contribution in [0, 0.1) is 0 Å². The monoisotopic (exact) mass is 508 g/mol. The van der Waals surface area contributed by atoms with Gasteiger partial charge in [-0.05, 0) is 23.0 Å². The summed E-state index contributed by atoms with van der Waals surface area (Å²) in [7, 11) is -10.7. The molecule has 0 saturated heterocycles. The molecule has 1 N–H and O–H groups in total. The van der Waals surface area contributed by atoms with Crippen molar-refractivity contribution in [2.75, 3.05) is 18.0 Å². The Morgan fingerprint density at radius 2 is 1.41 bits per heavy atom. The molecular formula is C24H31F6N2OP. The van der Waals surface area contributed by atoms with Crippen molar-refractivity contribution in [2.45, 2.75) is 58.1 Å². The van der Waals surface area contributed by atoms with Crippen LogP contribution in [0.2, 0.25) is 0 Å². The van der Waals surface area contributed by atoms with Gasteiger partial charge in [0.15, 0.2) is 0 Å². The summed E-state index contributed by atoms with van der Waals surface area (Å²) in [4.78, 5) is 2.42. The molecule has 3 nitrogen and oxygen atoms in total. The number of aliphatic hydroxyl groups excluding tert-OH is 1. The number of nitrogens with zero attached hydrogens (tertiary/aromatic N) is 2. The van der Waals surface area contributed by atoms with Crippen molar-refractivity contribution < 1.29 is 34.9 Å². The fraction of sp³-hybridized carbons (Fsp3) is 0.458. The summed E-state index contributed by atoms with van der Waals surface area (Å²) < 4.78 is 61.5. The molecule has 0 aromatic heterocycles. The van der Waals surface area contributed by atoms with Crippen LogP contribution in [0.5, 0.6) is 0 Å². The van der Waals surface area contributed by atoms with Gasteiger partial charge < -0.3 is 5.11 Å². The van der Waals surface area contributed by atoms with Crippen molar-refractivity contribution in [1.29, 1.82) is 0 Å². The quantitative estimate of drug-likeness (QED) is 0.259. The summed E-state index contributed by atoms with van der Waals surface area (Å²) in [6.07, 6.45) is 2.78. The third-order valence-corrected chi connectivity index (χ3v) is 6.11. The van der Waals surface area contributed by atoms with Crippen LogP contribution in [0.25, 0.3) is 0 Å². The van der Waals surface area contributed by atoms with E-state index in [9.17, 15) is 30.3 Å². The fourth-order valence-electron chi connectivity index (χ4n) is 4.63. The summed E-state index contributed by atoms with van der Waals surface area (Å²) in [6.45, 7) is 11.0. The minimum absolute atomic E-state index is 0.140. The first kappa shape index (κ1) is 26.5. The molecule has 0 fully saturated rings. The molecule has 34 heavy (non-hydrogen) atoms. The van der Waals surface area contributed by atoms with Crippen molar-refractivity contribution in [3.8, 4) is 0 Å². The number of fused-ring (bicyclic) bond motifs is 1. The van der Waals surface area contributed by atoms with Crippen molar-refractivity contribution in [3.63, 3.8) is 0 Å². The van der Waals surface area contributed by atoms with E-state index in [4.69, 9.17) is 0 Å². The first-order valence-electron chi connectivity index (χ1n) is 11.2. The van der Waals surface area contributed by atoms with Gasteiger partial charge in [-0.2, -0.15) is 0 Å². The molecule has 1 heterocycles. The standard InChI is InChI=1S/C24H31N2O.F6P/c1-16(2)19-10-7-11-20(17(3)4)23(19)26-13-12-25(15-26)22-14-18-8-5-6-9-21(18)24(22)27;1-7(2,3,4,5)6/h5-11,15-17,22,24,27H,12-14H2,1-4H3;/q+1;-1. The van der Waals surface area contributed by atoms with Gasteiger partial charge in [0.1, 0.15) is 30.9 Å². The van der Waals surface area contributed by atoms with Gasteiger partial charge in [-0.15, -0.1) is 0 Å². The van der Waals surface area contributed by atoms with Gasteiger partial charge in [0, 0.05) is 17.5 Å². The third kappa shape index (κ3) is 6.95. The molecule has 2 atom stereocenters. The number of halogens is 6. The van der Waals surface area contributed by atoms with Gasteiger partial charge in [-0.3, -0.25) is 4.58 Å². The molecule has 1 aliphatic carbocycles. The van der Waals surface area contributed by atoms with Gasteiger partial charge in [-0.1, -0.05) is 70.2 Å². The number of aliphatic hydroxyl groups is 1. The van der Waals surface area contributed by atoms with Crippen LogP contribution in [-0.4, -0.2) is 35.2 Å². The molecule has 2 aromatic rings. The Kier molecular flexibility index (Phi) is 6.64. The molecule has 0 bridgehead atoms. The van der Waals surface area contributed by atoms with Gasteiger partial charge in [0.05, 0.1) is 0 Å². The Labute approximate surface area is 196 Å². The van der Waals surface area contributed by atoms with E-state index in [-0.39, 0.29) is 6.04 Å².